The highest BCUT2D eigenvalue weighted by Gasteiger charge is 2.22. The first-order valence-corrected chi connectivity index (χ1v) is 19.4. The number of rotatable bonds is 26. The van der Waals surface area contributed by atoms with Gasteiger partial charge in [0.1, 0.15) is 25.9 Å². The Bertz CT molecular complexity index is 1600. The summed E-state index contributed by atoms with van der Waals surface area (Å²) in [6.07, 6.45) is 4.38. The Morgan fingerprint density at radius 2 is 0.655 bits per heavy atom. The summed E-state index contributed by atoms with van der Waals surface area (Å²) in [6, 6.07) is 39.5. The molecule has 0 heterocycles. The highest BCUT2D eigenvalue weighted by molar-refractivity contribution is 5.71. The van der Waals surface area contributed by atoms with E-state index in [0.717, 1.165) is 41.5 Å². The Labute approximate surface area is 325 Å². The van der Waals surface area contributed by atoms with Crippen LogP contribution < -0.4 is 0 Å². The van der Waals surface area contributed by atoms with Crippen molar-refractivity contribution < 1.29 is 42.9 Å². The van der Waals surface area contributed by atoms with Crippen molar-refractivity contribution in [1.82, 2.24) is 0 Å². The van der Waals surface area contributed by atoms with Crippen molar-refractivity contribution in [1.29, 1.82) is 0 Å². The fourth-order valence-electron chi connectivity index (χ4n) is 5.85. The number of carbonyl (C=O) groups excluding carboxylic acids is 4. The Hall–Kier alpha value is -5.28. The molecular weight excluding hydrogens is 696 g/mol. The summed E-state index contributed by atoms with van der Waals surface area (Å²) in [7, 11) is 0. The molecule has 9 heteroatoms. The molecule has 0 spiro atoms. The lowest BCUT2D eigenvalue weighted by molar-refractivity contribution is -0.169. The molecule has 0 aliphatic carbocycles. The second-order valence-corrected chi connectivity index (χ2v) is 13.5. The fourth-order valence-corrected chi connectivity index (χ4v) is 5.85. The van der Waals surface area contributed by atoms with E-state index in [0.29, 0.717) is 32.1 Å². The van der Waals surface area contributed by atoms with Crippen LogP contribution in [-0.2, 0) is 68.5 Å². The van der Waals surface area contributed by atoms with Crippen molar-refractivity contribution in [3.8, 4) is 0 Å². The van der Waals surface area contributed by atoms with Crippen LogP contribution in [0.5, 0.6) is 0 Å². The lowest BCUT2D eigenvalue weighted by Crippen LogP contribution is -2.35. The maximum Gasteiger partial charge on any atom is 0.306 e. The summed E-state index contributed by atoms with van der Waals surface area (Å²) < 4.78 is 28.5. The molecule has 1 unspecified atom stereocenters. The van der Waals surface area contributed by atoms with Crippen LogP contribution in [0, 0.1) is 0 Å². The van der Waals surface area contributed by atoms with E-state index in [1.165, 1.54) is 0 Å². The molecule has 55 heavy (non-hydrogen) atoms. The topological polar surface area (TPSA) is 114 Å². The Kier molecular flexibility index (Phi) is 19.8. The largest absolute Gasteiger partial charge is 0.463 e. The van der Waals surface area contributed by atoms with Gasteiger partial charge >= 0.3 is 23.9 Å². The molecule has 4 rings (SSSR count). The summed E-state index contributed by atoms with van der Waals surface area (Å²) in [4.78, 5) is 51.0. The van der Waals surface area contributed by atoms with Crippen molar-refractivity contribution in [3.05, 3.63) is 144 Å². The normalized spacial score (nSPS) is 11.4. The highest BCUT2D eigenvalue weighted by atomic mass is 16.6. The second kappa shape index (κ2) is 25.7. The van der Waals surface area contributed by atoms with Gasteiger partial charge in [0.2, 0.25) is 0 Å². The van der Waals surface area contributed by atoms with E-state index in [-0.39, 0.29) is 52.1 Å². The van der Waals surface area contributed by atoms with Crippen LogP contribution in [-0.4, -0.2) is 62.5 Å². The van der Waals surface area contributed by atoms with Gasteiger partial charge in [-0.05, 0) is 73.6 Å². The average molecular weight is 751 g/mol. The van der Waals surface area contributed by atoms with Gasteiger partial charge in [0.15, 0.2) is 6.10 Å². The molecule has 0 radical (unpaired) electrons. The summed E-state index contributed by atoms with van der Waals surface area (Å²) in [5.74, 6) is -1.66. The number of aryl methyl sites for hydroxylation is 4. The van der Waals surface area contributed by atoms with Gasteiger partial charge < -0.3 is 23.7 Å². The maximum absolute atomic E-state index is 12.9. The highest BCUT2D eigenvalue weighted by Crippen LogP contribution is 2.12. The van der Waals surface area contributed by atoms with Crippen LogP contribution >= 0.6 is 0 Å². The number of benzene rings is 4. The van der Waals surface area contributed by atoms with Gasteiger partial charge in [-0.3, -0.25) is 19.2 Å². The summed E-state index contributed by atoms with van der Waals surface area (Å²) in [5.41, 5.74) is 4.51. The van der Waals surface area contributed by atoms with E-state index in [1.807, 2.05) is 121 Å². The zero-order valence-corrected chi connectivity index (χ0v) is 31.7. The van der Waals surface area contributed by atoms with Crippen LogP contribution in [0.3, 0.4) is 0 Å². The molecule has 0 fully saturated rings. The van der Waals surface area contributed by atoms with E-state index in [2.05, 4.69) is 0 Å². The van der Waals surface area contributed by atoms with Gasteiger partial charge in [-0.15, -0.1) is 0 Å². The monoisotopic (exact) mass is 750 g/mol. The standard InChI is InChI=1S/C46H54O9/c47-43(29-13-25-37-17-5-1-6-18-37)52-33-41(34-53-44(48)30-14-26-38-19-7-2-8-20-38)51-35-42(55-46(50)32-16-28-40-23-11-4-12-24-40)36-54-45(49)31-15-27-39-21-9-3-10-22-39/h1-12,17-24,41-42H,13-16,25-36H2. The first kappa shape index (κ1) is 42.5. The molecule has 0 saturated carbocycles. The van der Waals surface area contributed by atoms with Gasteiger partial charge in [0.05, 0.1) is 6.61 Å². The second-order valence-electron chi connectivity index (χ2n) is 13.5. The van der Waals surface area contributed by atoms with E-state index < -0.39 is 36.1 Å². The molecule has 0 aromatic heterocycles. The van der Waals surface area contributed by atoms with Crippen LogP contribution in [0.2, 0.25) is 0 Å². The van der Waals surface area contributed by atoms with Crippen molar-refractivity contribution in [2.75, 3.05) is 26.4 Å². The van der Waals surface area contributed by atoms with Crippen molar-refractivity contribution in [2.24, 2.45) is 0 Å². The quantitative estimate of drug-likeness (QED) is 0.0465. The molecular formula is C46H54O9. The van der Waals surface area contributed by atoms with Gasteiger partial charge in [-0.25, -0.2) is 0 Å². The predicted octanol–water partition coefficient (Wildman–Crippen LogP) is 8.00. The van der Waals surface area contributed by atoms with Crippen molar-refractivity contribution in [3.63, 3.8) is 0 Å². The SMILES string of the molecule is O=C(CCCc1ccccc1)OCC(COC(=O)CCCc1ccccc1)OCC(COC(=O)CCCc1ccccc1)OC(=O)CCCc1ccccc1. The fraction of sp³-hybridized carbons (Fsp3) is 0.391. The molecule has 292 valence electrons. The molecule has 9 nitrogen and oxygen atoms in total. The van der Waals surface area contributed by atoms with Crippen LogP contribution in [0.15, 0.2) is 121 Å². The minimum absolute atomic E-state index is 0.163. The lowest BCUT2D eigenvalue weighted by atomic mass is 10.1. The third-order valence-corrected chi connectivity index (χ3v) is 8.86. The van der Waals surface area contributed by atoms with E-state index in [4.69, 9.17) is 23.7 Å². The summed E-state index contributed by atoms with van der Waals surface area (Å²) in [6.45, 7) is -0.708. The number of carbonyl (C=O) groups is 4. The Balaban J connectivity index is 1.30. The first-order valence-electron chi connectivity index (χ1n) is 19.4. The van der Waals surface area contributed by atoms with E-state index in [1.54, 1.807) is 0 Å². The first-order chi connectivity index (χ1) is 26.9. The van der Waals surface area contributed by atoms with Gasteiger partial charge in [0.25, 0.3) is 0 Å². The minimum Gasteiger partial charge on any atom is -0.463 e. The summed E-state index contributed by atoms with van der Waals surface area (Å²) >= 11 is 0. The molecule has 4 aromatic rings. The zero-order chi connectivity index (χ0) is 38.8. The number of hydrogen-bond acceptors (Lipinski definition) is 9. The van der Waals surface area contributed by atoms with Crippen LogP contribution in [0.4, 0.5) is 0 Å². The molecule has 4 aromatic carbocycles. The minimum atomic E-state index is -0.923. The van der Waals surface area contributed by atoms with Crippen molar-refractivity contribution >= 4 is 23.9 Å². The molecule has 0 amide bonds. The molecule has 0 aliphatic rings. The van der Waals surface area contributed by atoms with E-state index >= 15 is 0 Å². The number of esters is 4. The molecule has 1 atom stereocenters. The molecule has 0 aliphatic heterocycles. The average Bonchev–Trinajstić information content (AvgIpc) is 3.21. The summed E-state index contributed by atoms with van der Waals surface area (Å²) in [5, 5.41) is 0. The van der Waals surface area contributed by atoms with Gasteiger partial charge in [-0.2, -0.15) is 0 Å². The van der Waals surface area contributed by atoms with Gasteiger partial charge in [0, 0.05) is 25.7 Å². The molecule has 0 saturated heterocycles. The zero-order valence-electron chi connectivity index (χ0n) is 31.7. The Morgan fingerprint density at radius 3 is 0.982 bits per heavy atom. The lowest BCUT2D eigenvalue weighted by Gasteiger charge is -2.23. The third kappa shape index (κ3) is 19.0. The Morgan fingerprint density at radius 1 is 0.364 bits per heavy atom. The van der Waals surface area contributed by atoms with Crippen LogP contribution in [0.1, 0.15) is 73.6 Å². The smallest absolute Gasteiger partial charge is 0.306 e. The molecule has 0 bridgehead atoms. The van der Waals surface area contributed by atoms with Gasteiger partial charge in [-0.1, -0.05) is 121 Å². The maximum atomic E-state index is 12.9. The van der Waals surface area contributed by atoms with Crippen LogP contribution in [0.25, 0.3) is 0 Å². The van der Waals surface area contributed by atoms with E-state index in [9.17, 15) is 19.2 Å². The third-order valence-electron chi connectivity index (χ3n) is 8.86. The molecule has 0 N–H and O–H groups in total. The number of ether oxygens (including phenoxy) is 5. The number of hydrogen-bond donors (Lipinski definition) is 0. The van der Waals surface area contributed by atoms with Crippen molar-refractivity contribution in [2.45, 2.75) is 89.3 Å². The predicted molar refractivity (Wildman–Crippen MR) is 210 cm³/mol.